The highest BCUT2D eigenvalue weighted by molar-refractivity contribution is 5.85. The molecule has 0 radical (unpaired) electrons. The summed E-state index contributed by atoms with van der Waals surface area (Å²) in [5, 5.41) is 3.34. The summed E-state index contributed by atoms with van der Waals surface area (Å²) in [6.07, 6.45) is 3.36. The van der Waals surface area contributed by atoms with Gasteiger partial charge in [-0.3, -0.25) is 0 Å². The Hall–Kier alpha value is -0.710. The first kappa shape index (κ1) is 16.3. The molecule has 1 aromatic carbocycles. The van der Waals surface area contributed by atoms with Crippen LogP contribution < -0.4 is 5.32 Å². The van der Waals surface area contributed by atoms with E-state index in [0.717, 1.165) is 19.5 Å². The number of halogens is 3. The number of benzene rings is 1. The van der Waals surface area contributed by atoms with E-state index in [1.807, 2.05) is 0 Å². The lowest BCUT2D eigenvalue weighted by atomic mass is 9.97. The number of hydrogen-bond acceptors (Lipinski definition) is 2. The molecule has 1 heterocycles. The SMILES string of the molecule is Cl.Fc1cccc(F)c1COCCC1CCCNC1. The molecule has 19 heavy (non-hydrogen) atoms. The minimum atomic E-state index is -0.533. The maximum absolute atomic E-state index is 13.3. The van der Waals surface area contributed by atoms with E-state index in [9.17, 15) is 8.78 Å². The first-order chi connectivity index (χ1) is 8.77. The smallest absolute Gasteiger partial charge is 0.131 e. The van der Waals surface area contributed by atoms with Gasteiger partial charge in [0.2, 0.25) is 0 Å². The van der Waals surface area contributed by atoms with Gasteiger partial charge >= 0.3 is 0 Å². The van der Waals surface area contributed by atoms with E-state index in [0.29, 0.717) is 12.5 Å². The minimum absolute atomic E-state index is 0. The summed E-state index contributed by atoms with van der Waals surface area (Å²) in [5.74, 6) is -0.437. The number of hydrogen-bond donors (Lipinski definition) is 1. The standard InChI is InChI=1S/C14H19F2NO.ClH/c15-13-4-1-5-14(16)12(13)10-18-8-6-11-3-2-7-17-9-11;/h1,4-5,11,17H,2-3,6-10H2;1H. The molecule has 0 aliphatic carbocycles. The third kappa shape index (κ3) is 5.05. The molecule has 1 aliphatic heterocycles. The first-order valence-corrected chi connectivity index (χ1v) is 6.48. The third-order valence-electron chi connectivity index (χ3n) is 3.38. The molecule has 1 unspecified atom stereocenters. The Morgan fingerprint density at radius 1 is 1.26 bits per heavy atom. The second-order valence-electron chi connectivity index (χ2n) is 4.75. The number of rotatable bonds is 5. The van der Waals surface area contributed by atoms with Gasteiger partial charge in [0.15, 0.2) is 0 Å². The molecule has 0 saturated carbocycles. The molecule has 0 aromatic heterocycles. The van der Waals surface area contributed by atoms with E-state index < -0.39 is 11.6 Å². The molecular weight excluding hydrogens is 272 g/mol. The number of nitrogens with one attached hydrogen (secondary N) is 1. The Labute approximate surface area is 118 Å². The van der Waals surface area contributed by atoms with Crippen LogP contribution in [0.2, 0.25) is 0 Å². The molecule has 2 rings (SSSR count). The van der Waals surface area contributed by atoms with Crippen LogP contribution in [0.1, 0.15) is 24.8 Å². The maximum atomic E-state index is 13.3. The fourth-order valence-electron chi connectivity index (χ4n) is 2.26. The van der Waals surface area contributed by atoms with Crippen LogP contribution in [0, 0.1) is 17.6 Å². The number of piperidine rings is 1. The van der Waals surface area contributed by atoms with Crippen LogP contribution in [0.15, 0.2) is 18.2 Å². The van der Waals surface area contributed by atoms with E-state index in [-0.39, 0.29) is 24.6 Å². The third-order valence-corrected chi connectivity index (χ3v) is 3.38. The van der Waals surface area contributed by atoms with E-state index in [1.165, 1.54) is 31.0 Å². The zero-order chi connectivity index (χ0) is 12.8. The van der Waals surface area contributed by atoms with Crippen molar-refractivity contribution in [2.24, 2.45) is 5.92 Å². The lowest BCUT2D eigenvalue weighted by molar-refractivity contribution is 0.0991. The topological polar surface area (TPSA) is 21.3 Å². The highest BCUT2D eigenvalue weighted by Crippen LogP contribution is 2.16. The van der Waals surface area contributed by atoms with E-state index in [2.05, 4.69) is 5.32 Å². The molecule has 1 N–H and O–H groups in total. The average molecular weight is 292 g/mol. The predicted molar refractivity (Wildman–Crippen MR) is 73.5 cm³/mol. The van der Waals surface area contributed by atoms with Crippen molar-refractivity contribution < 1.29 is 13.5 Å². The molecule has 2 nitrogen and oxygen atoms in total. The molecule has 108 valence electrons. The zero-order valence-electron chi connectivity index (χ0n) is 10.8. The molecule has 1 atom stereocenters. The second kappa shape index (κ2) is 8.46. The van der Waals surface area contributed by atoms with Gasteiger partial charge in [0.1, 0.15) is 11.6 Å². The van der Waals surface area contributed by atoms with Gasteiger partial charge in [0, 0.05) is 12.2 Å². The molecule has 1 fully saturated rings. The van der Waals surface area contributed by atoms with Gasteiger partial charge in [-0.15, -0.1) is 12.4 Å². The molecular formula is C14H20ClF2NO. The highest BCUT2D eigenvalue weighted by atomic mass is 35.5. The summed E-state index contributed by atoms with van der Waals surface area (Å²) in [7, 11) is 0. The van der Waals surface area contributed by atoms with Gasteiger partial charge in [-0.1, -0.05) is 6.07 Å². The molecule has 0 bridgehead atoms. The van der Waals surface area contributed by atoms with Crippen molar-refractivity contribution in [1.82, 2.24) is 5.32 Å². The fraction of sp³-hybridized carbons (Fsp3) is 0.571. The maximum Gasteiger partial charge on any atom is 0.131 e. The van der Waals surface area contributed by atoms with Crippen molar-refractivity contribution >= 4 is 12.4 Å². The average Bonchev–Trinajstić information content (AvgIpc) is 2.38. The lowest BCUT2D eigenvalue weighted by Crippen LogP contribution is -2.30. The summed E-state index contributed by atoms with van der Waals surface area (Å²) in [5.41, 5.74) is 0.0271. The van der Waals surface area contributed by atoms with E-state index in [1.54, 1.807) is 0 Å². The summed E-state index contributed by atoms with van der Waals surface area (Å²) < 4.78 is 32.0. The zero-order valence-corrected chi connectivity index (χ0v) is 11.6. The Morgan fingerprint density at radius 2 is 2.00 bits per heavy atom. The van der Waals surface area contributed by atoms with Crippen LogP contribution in [0.5, 0.6) is 0 Å². The second-order valence-corrected chi connectivity index (χ2v) is 4.75. The molecule has 0 amide bonds. The van der Waals surface area contributed by atoms with Crippen LogP contribution in [0.4, 0.5) is 8.78 Å². The normalized spacial score (nSPS) is 18.9. The summed E-state index contributed by atoms with van der Waals surface area (Å²) in [6, 6.07) is 3.88. The molecule has 1 aromatic rings. The molecule has 1 saturated heterocycles. The van der Waals surface area contributed by atoms with E-state index in [4.69, 9.17) is 4.74 Å². The van der Waals surface area contributed by atoms with Gasteiger partial charge in [-0.25, -0.2) is 8.78 Å². The van der Waals surface area contributed by atoms with Gasteiger partial charge in [-0.05, 0) is 50.4 Å². The van der Waals surface area contributed by atoms with Crippen LogP contribution in [0.3, 0.4) is 0 Å². The van der Waals surface area contributed by atoms with Crippen molar-refractivity contribution in [2.45, 2.75) is 25.9 Å². The number of ether oxygens (including phenoxy) is 1. The van der Waals surface area contributed by atoms with Crippen molar-refractivity contribution in [3.63, 3.8) is 0 Å². The van der Waals surface area contributed by atoms with Crippen LogP contribution in [-0.2, 0) is 11.3 Å². The quantitative estimate of drug-likeness (QED) is 0.841. The van der Waals surface area contributed by atoms with Crippen molar-refractivity contribution in [2.75, 3.05) is 19.7 Å². The summed E-state index contributed by atoms with van der Waals surface area (Å²) in [4.78, 5) is 0. The van der Waals surface area contributed by atoms with Crippen molar-refractivity contribution in [3.05, 3.63) is 35.4 Å². The minimum Gasteiger partial charge on any atom is -0.377 e. The van der Waals surface area contributed by atoms with Crippen molar-refractivity contribution in [1.29, 1.82) is 0 Å². The van der Waals surface area contributed by atoms with Crippen LogP contribution in [0.25, 0.3) is 0 Å². The first-order valence-electron chi connectivity index (χ1n) is 6.48. The van der Waals surface area contributed by atoms with Gasteiger partial charge < -0.3 is 10.1 Å². The Kier molecular flexibility index (Phi) is 7.28. The Morgan fingerprint density at radius 3 is 2.63 bits per heavy atom. The van der Waals surface area contributed by atoms with Gasteiger partial charge in [0.05, 0.1) is 6.61 Å². The summed E-state index contributed by atoms with van der Waals surface area (Å²) in [6.45, 7) is 2.69. The Bertz CT molecular complexity index is 363. The fourth-order valence-corrected chi connectivity index (χ4v) is 2.26. The van der Waals surface area contributed by atoms with Crippen LogP contribution in [-0.4, -0.2) is 19.7 Å². The van der Waals surface area contributed by atoms with Gasteiger partial charge in [0.25, 0.3) is 0 Å². The molecule has 5 heteroatoms. The van der Waals surface area contributed by atoms with Crippen LogP contribution >= 0.6 is 12.4 Å². The highest BCUT2D eigenvalue weighted by Gasteiger charge is 2.13. The summed E-state index contributed by atoms with van der Waals surface area (Å²) >= 11 is 0. The largest absolute Gasteiger partial charge is 0.377 e. The lowest BCUT2D eigenvalue weighted by Gasteiger charge is -2.22. The van der Waals surface area contributed by atoms with E-state index >= 15 is 0 Å². The monoisotopic (exact) mass is 291 g/mol. The predicted octanol–water partition coefficient (Wildman–Crippen LogP) is 3.29. The van der Waals surface area contributed by atoms with Crippen molar-refractivity contribution in [3.8, 4) is 0 Å². The van der Waals surface area contributed by atoms with Gasteiger partial charge in [-0.2, -0.15) is 0 Å². The Balaban J connectivity index is 0.00000180. The molecule has 1 aliphatic rings. The molecule has 0 spiro atoms.